The molecule has 0 saturated carbocycles. The zero-order valence-corrected chi connectivity index (χ0v) is 11.2. The predicted octanol–water partition coefficient (Wildman–Crippen LogP) is 1.87. The molecule has 0 radical (unpaired) electrons. The first-order chi connectivity index (χ1) is 9.02. The molecule has 1 aromatic carbocycles. The molecule has 0 unspecified atom stereocenters. The lowest BCUT2D eigenvalue weighted by Gasteiger charge is -2.10. The van der Waals surface area contributed by atoms with Gasteiger partial charge in [0.1, 0.15) is 5.75 Å². The van der Waals surface area contributed by atoms with E-state index < -0.39 is 5.97 Å². The number of methoxy groups -OCH3 is 1. The molecule has 0 heterocycles. The van der Waals surface area contributed by atoms with Gasteiger partial charge in [-0.25, -0.2) is 0 Å². The molecule has 0 aliphatic heterocycles. The van der Waals surface area contributed by atoms with Crippen molar-refractivity contribution in [2.45, 2.75) is 32.7 Å². The topological polar surface area (TPSA) is 75.6 Å². The van der Waals surface area contributed by atoms with Gasteiger partial charge in [0.15, 0.2) is 0 Å². The van der Waals surface area contributed by atoms with Gasteiger partial charge in [0.05, 0.1) is 7.11 Å². The third-order valence-electron chi connectivity index (χ3n) is 2.71. The molecule has 5 nitrogen and oxygen atoms in total. The first-order valence-corrected chi connectivity index (χ1v) is 6.15. The Morgan fingerprint density at radius 2 is 2.05 bits per heavy atom. The quantitative estimate of drug-likeness (QED) is 0.789. The molecular weight excluding hydrogens is 246 g/mol. The highest BCUT2D eigenvalue weighted by atomic mass is 16.5. The molecule has 19 heavy (non-hydrogen) atoms. The summed E-state index contributed by atoms with van der Waals surface area (Å²) in [5.41, 5.74) is 2.00. The van der Waals surface area contributed by atoms with E-state index in [0.717, 1.165) is 16.9 Å². The summed E-state index contributed by atoms with van der Waals surface area (Å²) in [6.45, 7) is 2.36. The highest BCUT2D eigenvalue weighted by Gasteiger charge is 2.07. The van der Waals surface area contributed by atoms with E-state index in [4.69, 9.17) is 9.84 Å². The van der Waals surface area contributed by atoms with Crippen LogP contribution in [0.25, 0.3) is 0 Å². The van der Waals surface area contributed by atoms with E-state index in [2.05, 4.69) is 5.32 Å². The fraction of sp³-hybridized carbons (Fsp3) is 0.429. The monoisotopic (exact) mass is 265 g/mol. The number of aryl methyl sites for hydroxylation is 1. The van der Waals surface area contributed by atoms with Crippen molar-refractivity contribution in [3.8, 4) is 5.75 Å². The highest BCUT2D eigenvalue weighted by Crippen LogP contribution is 2.19. The number of hydrogen-bond acceptors (Lipinski definition) is 3. The van der Waals surface area contributed by atoms with Crippen molar-refractivity contribution in [3.05, 3.63) is 29.3 Å². The van der Waals surface area contributed by atoms with Gasteiger partial charge in [0.2, 0.25) is 5.91 Å². The SMILES string of the molecule is COc1ccc(C)cc1CNC(=O)CCCC(=O)O. The first-order valence-electron chi connectivity index (χ1n) is 6.15. The second kappa shape index (κ2) is 7.41. The fourth-order valence-corrected chi connectivity index (χ4v) is 1.73. The van der Waals surface area contributed by atoms with Crippen LogP contribution in [0.5, 0.6) is 5.75 Å². The maximum absolute atomic E-state index is 11.5. The Labute approximate surface area is 112 Å². The van der Waals surface area contributed by atoms with Crippen LogP contribution in [0, 0.1) is 6.92 Å². The summed E-state index contributed by atoms with van der Waals surface area (Å²) < 4.78 is 5.22. The Hall–Kier alpha value is -2.04. The van der Waals surface area contributed by atoms with Crippen LogP contribution >= 0.6 is 0 Å². The molecule has 1 rings (SSSR count). The minimum absolute atomic E-state index is 0.0151. The molecule has 104 valence electrons. The van der Waals surface area contributed by atoms with E-state index in [0.29, 0.717) is 13.0 Å². The maximum Gasteiger partial charge on any atom is 0.303 e. The minimum atomic E-state index is -0.881. The molecule has 2 N–H and O–H groups in total. The molecule has 0 saturated heterocycles. The zero-order chi connectivity index (χ0) is 14.3. The Morgan fingerprint density at radius 1 is 1.32 bits per heavy atom. The van der Waals surface area contributed by atoms with Gasteiger partial charge in [-0.05, 0) is 19.4 Å². The number of carbonyl (C=O) groups is 2. The van der Waals surface area contributed by atoms with Crippen LogP contribution in [0.4, 0.5) is 0 Å². The van der Waals surface area contributed by atoms with Gasteiger partial charge < -0.3 is 15.2 Å². The van der Waals surface area contributed by atoms with Crippen molar-refractivity contribution in [1.82, 2.24) is 5.32 Å². The molecule has 1 amide bonds. The van der Waals surface area contributed by atoms with Crippen LogP contribution in [0.3, 0.4) is 0 Å². The third kappa shape index (κ3) is 5.42. The van der Waals surface area contributed by atoms with Gasteiger partial charge in [-0.15, -0.1) is 0 Å². The number of benzene rings is 1. The lowest BCUT2D eigenvalue weighted by atomic mass is 10.1. The number of carboxylic acids is 1. The van der Waals surface area contributed by atoms with Crippen molar-refractivity contribution >= 4 is 11.9 Å². The second-order valence-corrected chi connectivity index (χ2v) is 4.34. The highest BCUT2D eigenvalue weighted by molar-refractivity contribution is 5.76. The largest absolute Gasteiger partial charge is 0.496 e. The Balaban J connectivity index is 2.45. The Bertz CT molecular complexity index is 457. The average molecular weight is 265 g/mol. The van der Waals surface area contributed by atoms with Crippen LogP contribution in [-0.2, 0) is 16.1 Å². The molecular formula is C14H19NO4. The molecule has 0 aliphatic rings. The van der Waals surface area contributed by atoms with E-state index in [1.54, 1.807) is 7.11 Å². The van der Waals surface area contributed by atoms with Gasteiger partial charge in [-0.3, -0.25) is 9.59 Å². The van der Waals surface area contributed by atoms with E-state index in [-0.39, 0.29) is 18.7 Å². The number of hydrogen-bond donors (Lipinski definition) is 2. The lowest BCUT2D eigenvalue weighted by molar-refractivity contribution is -0.137. The van der Waals surface area contributed by atoms with Gasteiger partial charge in [0.25, 0.3) is 0 Å². The number of carboxylic acid groups (broad SMARTS) is 1. The number of carbonyl (C=O) groups excluding carboxylic acids is 1. The Morgan fingerprint density at radius 3 is 2.68 bits per heavy atom. The van der Waals surface area contributed by atoms with Crippen molar-refractivity contribution < 1.29 is 19.4 Å². The number of ether oxygens (including phenoxy) is 1. The van der Waals surface area contributed by atoms with Crippen LogP contribution in [0.2, 0.25) is 0 Å². The summed E-state index contributed by atoms with van der Waals surface area (Å²) in [5, 5.41) is 11.2. The summed E-state index contributed by atoms with van der Waals surface area (Å²) in [6, 6.07) is 5.76. The van der Waals surface area contributed by atoms with E-state index >= 15 is 0 Å². The third-order valence-corrected chi connectivity index (χ3v) is 2.71. The number of rotatable bonds is 7. The van der Waals surface area contributed by atoms with Crippen molar-refractivity contribution in [2.75, 3.05) is 7.11 Å². The van der Waals surface area contributed by atoms with E-state index in [9.17, 15) is 9.59 Å². The standard InChI is InChI=1S/C14H19NO4/c1-10-6-7-12(19-2)11(8-10)9-15-13(16)4-3-5-14(17)18/h6-8H,3-5,9H2,1-2H3,(H,15,16)(H,17,18). The van der Waals surface area contributed by atoms with Crippen LogP contribution in [0.15, 0.2) is 18.2 Å². The first kappa shape index (κ1) is 15.0. The van der Waals surface area contributed by atoms with Gasteiger partial charge in [0, 0.05) is 24.9 Å². The summed E-state index contributed by atoms with van der Waals surface area (Å²) in [6.07, 6.45) is 0.591. The van der Waals surface area contributed by atoms with Crippen molar-refractivity contribution in [2.24, 2.45) is 0 Å². The van der Waals surface area contributed by atoms with Crippen LogP contribution < -0.4 is 10.1 Å². The van der Waals surface area contributed by atoms with E-state index in [1.807, 2.05) is 25.1 Å². The lowest BCUT2D eigenvalue weighted by Crippen LogP contribution is -2.22. The molecule has 0 aliphatic carbocycles. The average Bonchev–Trinajstić information content (AvgIpc) is 2.36. The predicted molar refractivity (Wildman–Crippen MR) is 71.1 cm³/mol. The van der Waals surface area contributed by atoms with Crippen molar-refractivity contribution in [1.29, 1.82) is 0 Å². The van der Waals surface area contributed by atoms with Gasteiger partial charge in [-0.1, -0.05) is 17.7 Å². The summed E-state index contributed by atoms with van der Waals surface area (Å²) in [5.74, 6) is -0.297. The van der Waals surface area contributed by atoms with Crippen LogP contribution in [0.1, 0.15) is 30.4 Å². The molecule has 0 fully saturated rings. The summed E-state index contributed by atoms with van der Waals surface area (Å²) in [7, 11) is 1.59. The number of amides is 1. The molecule has 0 atom stereocenters. The normalized spacial score (nSPS) is 10.0. The Kier molecular flexibility index (Phi) is 5.85. The fourth-order valence-electron chi connectivity index (χ4n) is 1.73. The summed E-state index contributed by atoms with van der Waals surface area (Å²) >= 11 is 0. The van der Waals surface area contributed by atoms with Gasteiger partial charge in [-0.2, -0.15) is 0 Å². The minimum Gasteiger partial charge on any atom is -0.496 e. The molecule has 0 bridgehead atoms. The molecule has 0 spiro atoms. The molecule has 1 aromatic rings. The number of nitrogens with one attached hydrogen (secondary N) is 1. The maximum atomic E-state index is 11.5. The zero-order valence-electron chi connectivity index (χ0n) is 11.2. The second-order valence-electron chi connectivity index (χ2n) is 4.34. The molecule has 0 aromatic heterocycles. The van der Waals surface area contributed by atoms with E-state index in [1.165, 1.54) is 0 Å². The van der Waals surface area contributed by atoms with Gasteiger partial charge >= 0.3 is 5.97 Å². The van der Waals surface area contributed by atoms with Crippen molar-refractivity contribution in [3.63, 3.8) is 0 Å². The smallest absolute Gasteiger partial charge is 0.303 e. The molecule has 5 heteroatoms. The summed E-state index contributed by atoms with van der Waals surface area (Å²) in [4.78, 5) is 21.9. The van der Waals surface area contributed by atoms with Crippen LogP contribution in [-0.4, -0.2) is 24.1 Å². The number of aliphatic carboxylic acids is 1.